The average Bonchev–Trinajstić information content (AvgIpc) is 3.17. The second-order valence-corrected chi connectivity index (χ2v) is 12.7. The van der Waals surface area contributed by atoms with Crippen molar-refractivity contribution in [3.63, 3.8) is 0 Å². The summed E-state index contributed by atoms with van der Waals surface area (Å²) in [5, 5.41) is 41.9. The molecule has 11 heteroatoms. The van der Waals surface area contributed by atoms with Gasteiger partial charge in [0.15, 0.2) is 12.6 Å². The molecule has 2 saturated heterocycles. The topological polar surface area (TPSA) is 146 Å². The van der Waals surface area contributed by atoms with Crippen LogP contribution < -0.4 is 0 Å². The summed E-state index contributed by atoms with van der Waals surface area (Å²) in [6, 6.07) is 38.8. The van der Waals surface area contributed by atoms with Crippen molar-refractivity contribution in [3.05, 3.63) is 144 Å². The number of aliphatic hydroxyl groups is 4. The molecule has 4 N–H and O–H groups in total. The van der Waals surface area contributed by atoms with E-state index in [9.17, 15) is 20.4 Å². The van der Waals surface area contributed by atoms with Gasteiger partial charge in [-0.1, -0.05) is 121 Å². The second-order valence-electron chi connectivity index (χ2n) is 12.7. The van der Waals surface area contributed by atoms with Crippen LogP contribution in [0, 0.1) is 0 Å². The molecular weight excluding hydrogens is 656 g/mol. The molecule has 0 radical (unpaired) electrons. The van der Waals surface area contributed by atoms with Crippen molar-refractivity contribution in [2.75, 3.05) is 13.2 Å². The molecule has 51 heavy (non-hydrogen) atoms. The lowest BCUT2D eigenvalue weighted by atomic mass is 9.96. The van der Waals surface area contributed by atoms with Gasteiger partial charge in [-0.3, -0.25) is 0 Å². The third-order valence-electron chi connectivity index (χ3n) is 8.97. The maximum Gasteiger partial charge on any atom is 0.187 e. The van der Waals surface area contributed by atoms with E-state index in [4.69, 9.17) is 33.2 Å². The van der Waals surface area contributed by atoms with E-state index in [1.807, 2.05) is 121 Å². The fourth-order valence-electron chi connectivity index (χ4n) is 6.25. The Morgan fingerprint density at radius 1 is 0.471 bits per heavy atom. The normalized spacial score (nSPS) is 29.5. The van der Waals surface area contributed by atoms with E-state index < -0.39 is 68.0 Å². The quantitative estimate of drug-likeness (QED) is 0.136. The summed E-state index contributed by atoms with van der Waals surface area (Å²) in [6.07, 6.45) is -12.0. The summed E-state index contributed by atoms with van der Waals surface area (Å²) in [5.74, 6) is 0. The first-order valence-corrected chi connectivity index (χ1v) is 17.2. The summed E-state index contributed by atoms with van der Waals surface area (Å²) < 4.78 is 44.6. The number of hydrogen-bond donors (Lipinski definition) is 4. The summed E-state index contributed by atoms with van der Waals surface area (Å²) in [7, 11) is 0. The zero-order chi connectivity index (χ0) is 35.4. The highest BCUT2D eigenvalue weighted by atomic mass is 16.7. The van der Waals surface area contributed by atoms with E-state index in [0.29, 0.717) is 6.61 Å². The van der Waals surface area contributed by atoms with Crippen molar-refractivity contribution >= 4 is 0 Å². The molecule has 272 valence electrons. The predicted molar refractivity (Wildman–Crippen MR) is 185 cm³/mol. The van der Waals surface area contributed by atoms with E-state index in [0.717, 1.165) is 22.3 Å². The van der Waals surface area contributed by atoms with Crippen molar-refractivity contribution in [2.45, 2.75) is 87.8 Å². The van der Waals surface area contributed by atoms with Crippen molar-refractivity contribution in [1.29, 1.82) is 0 Å². The maximum atomic E-state index is 11.0. The van der Waals surface area contributed by atoms with Crippen LogP contribution >= 0.6 is 0 Å². The number of rotatable bonds is 16. The Hall–Kier alpha value is -3.56. The van der Waals surface area contributed by atoms with E-state index in [1.54, 1.807) is 0 Å². The van der Waals surface area contributed by atoms with Gasteiger partial charge in [-0.05, 0) is 22.3 Å². The van der Waals surface area contributed by atoms with Gasteiger partial charge < -0.3 is 53.6 Å². The molecule has 0 bridgehead atoms. The zero-order valence-corrected chi connectivity index (χ0v) is 28.2. The number of aliphatic hydroxyl groups excluding tert-OH is 4. The van der Waals surface area contributed by atoms with Crippen molar-refractivity contribution in [1.82, 2.24) is 0 Å². The highest BCUT2D eigenvalue weighted by Crippen LogP contribution is 2.34. The number of hydrogen-bond acceptors (Lipinski definition) is 11. The van der Waals surface area contributed by atoms with Crippen LogP contribution in [0.4, 0.5) is 0 Å². The molecule has 4 aromatic carbocycles. The lowest BCUT2D eigenvalue weighted by Gasteiger charge is -2.48. The fourth-order valence-corrected chi connectivity index (χ4v) is 6.25. The van der Waals surface area contributed by atoms with Gasteiger partial charge in [0.2, 0.25) is 0 Å². The molecule has 0 aliphatic carbocycles. The Balaban J connectivity index is 1.34. The molecular formula is C40H46O11. The molecule has 4 aromatic rings. The Kier molecular flexibility index (Phi) is 13.7. The van der Waals surface area contributed by atoms with Gasteiger partial charge in [0.1, 0.15) is 48.8 Å². The third-order valence-corrected chi connectivity index (χ3v) is 8.97. The lowest BCUT2D eigenvalue weighted by Crippen LogP contribution is -2.65. The minimum Gasteiger partial charge on any atom is -0.394 e. The van der Waals surface area contributed by atoms with E-state index in [2.05, 4.69) is 0 Å². The van der Waals surface area contributed by atoms with Gasteiger partial charge in [0, 0.05) is 0 Å². The minimum absolute atomic E-state index is 0.0826. The molecule has 2 heterocycles. The van der Waals surface area contributed by atoms with Gasteiger partial charge >= 0.3 is 0 Å². The largest absolute Gasteiger partial charge is 0.394 e. The minimum atomic E-state index is -1.72. The van der Waals surface area contributed by atoms with Crippen molar-refractivity contribution in [2.24, 2.45) is 0 Å². The molecule has 0 saturated carbocycles. The van der Waals surface area contributed by atoms with Crippen LogP contribution in [0.25, 0.3) is 0 Å². The molecule has 11 nitrogen and oxygen atoms in total. The van der Waals surface area contributed by atoms with Crippen molar-refractivity contribution in [3.8, 4) is 0 Å². The van der Waals surface area contributed by atoms with Gasteiger partial charge in [0.05, 0.1) is 39.6 Å². The molecule has 10 atom stereocenters. The molecule has 2 aliphatic heterocycles. The first-order chi connectivity index (χ1) is 25.0. The van der Waals surface area contributed by atoms with Crippen LogP contribution in [0.1, 0.15) is 22.3 Å². The van der Waals surface area contributed by atoms with Crippen molar-refractivity contribution < 1.29 is 53.6 Å². The van der Waals surface area contributed by atoms with Crippen LogP contribution in [-0.2, 0) is 59.6 Å². The molecule has 0 aromatic heterocycles. The summed E-state index contributed by atoms with van der Waals surface area (Å²) in [4.78, 5) is 0. The van der Waals surface area contributed by atoms with Crippen LogP contribution in [0.3, 0.4) is 0 Å². The second kappa shape index (κ2) is 18.8. The first-order valence-electron chi connectivity index (χ1n) is 17.2. The molecule has 2 fully saturated rings. The Labute approximate surface area is 297 Å². The lowest BCUT2D eigenvalue weighted by molar-refractivity contribution is -0.367. The number of benzene rings is 4. The van der Waals surface area contributed by atoms with E-state index in [1.165, 1.54) is 0 Å². The molecule has 6 rings (SSSR count). The summed E-state index contributed by atoms with van der Waals surface area (Å²) >= 11 is 0. The van der Waals surface area contributed by atoms with Crippen LogP contribution in [0.15, 0.2) is 121 Å². The van der Waals surface area contributed by atoms with Crippen LogP contribution in [-0.4, -0.2) is 95.1 Å². The van der Waals surface area contributed by atoms with Gasteiger partial charge in [-0.25, -0.2) is 0 Å². The van der Waals surface area contributed by atoms with Gasteiger partial charge in [-0.2, -0.15) is 0 Å². The molecule has 2 aliphatic rings. The number of ether oxygens (including phenoxy) is 7. The van der Waals surface area contributed by atoms with E-state index >= 15 is 0 Å². The summed E-state index contributed by atoms with van der Waals surface area (Å²) in [5.41, 5.74) is 3.74. The smallest absolute Gasteiger partial charge is 0.187 e. The third kappa shape index (κ3) is 10.1. The monoisotopic (exact) mass is 702 g/mol. The van der Waals surface area contributed by atoms with Crippen LogP contribution in [0.5, 0.6) is 0 Å². The Morgan fingerprint density at radius 3 is 1.41 bits per heavy atom. The molecule has 0 spiro atoms. The first kappa shape index (κ1) is 37.2. The average molecular weight is 703 g/mol. The highest BCUT2D eigenvalue weighted by molar-refractivity contribution is 5.16. The van der Waals surface area contributed by atoms with Gasteiger partial charge in [0.25, 0.3) is 0 Å². The summed E-state index contributed by atoms with van der Waals surface area (Å²) in [6.45, 7) is 0.416. The Morgan fingerprint density at radius 2 is 0.922 bits per heavy atom. The zero-order valence-electron chi connectivity index (χ0n) is 28.2. The van der Waals surface area contributed by atoms with Gasteiger partial charge in [-0.15, -0.1) is 0 Å². The standard InChI is InChI=1S/C40H46O11/c41-21-31-35(33(42)34(43)39(44)49-31)51-40-38(48-25-30-19-11-4-12-20-30)37(47-24-29-17-9-3-10-18-29)36(46-23-28-15-7-2-8-16-28)32(50-40)26-45-22-27-13-5-1-6-14-27/h1-20,31-44H,21-26H2/t31-,32-,33-,34-,35+,36+,37+,38-,39-,40-/m1/s1. The molecule has 0 unspecified atom stereocenters. The van der Waals surface area contributed by atoms with E-state index in [-0.39, 0.29) is 26.4 Å². The predicted octanol–water partition coefficient (Wildman–Crippen LogP) is 3.50. The fraction of sp³-hybridized carbons (Fsp3) is 0.400. The maximum absolute atomic E-state index is 11.0. The SMILES string of the molecule is OC[C@H]1O[C@@H](O)[C@H](O)[C@@H](O)[C@H]1O[C@H]1O[C@H](COCc2ccccc2)[C@H](OCc2ccccc2)[C@H](OCc2ccccc2)[C@H]1OCc1ccccc1. The molecule has 0 amide bonds. The highest BCUT2D eigenvalue weighted by Gasteiger charge is 2.53. The van der Waals surface area contributed by atoms with Crippen LogP contribution in [0.2, 0.25) is 0 Å². The Bertz CT molecular complexity index is 1550.